The van der Waals surface area contributed by atoms with Crippen LogP contribution in [0.3, 0.4) is 0 Å². The molecule has 2 aliphatic carbocycles. The molecule has 0 radical (unpaired) electrons. The third-order valence-electron chi connectivity index (χ3n) is 5.20. The van der Waals surface area contributed by atoms with Crippen molar-refractivity contribution in [1.29, 1.82) is 0 Å². The summed E-state index contributed by atoms with van der Waals surface area (Å²) in [6, 6.07) is 0. The van der Waals surface area contributed by atoms with E-state index in [4.69, 9.17) is 4.74 Å². The van der Waals surface area contributed by atoms with Crippen LogP contribution >= 0.6 is 0 Å². The lowest BCUT2D eigenvalue weighted by molar-refractivity contribution is -0.184. The summed E-state index contributed by atoms with van der Waals surface area (Å²) in [7, 11) is 0. The second-order valence-corrected chi connectivity index (χ2v) is 6.57. The van der Waals surface area contributed by atoms with Crippen LogP contribution in [-0.4, -0.2) is 34.1 Å². The predicted octanol–water partition coefficient (Wildman–Crippen LogP) is 2.13. The summed E-state index contributed by atoms with van der Waals surface area (Å²) in [5, 5.41) is 18.9. The van der Waals surface area contributed by atoms with E-state index in [9.17, 15) is 29.4 Å². The zero-order valence-electron chi connectivity index (χ0n) is 13.0. The lowest BCUT2D eigenvalue weighted by Gasteiger charge is -2.33. The van der Waals surface area contributed by atoms with Crippen molar-refractivity contribution in [3.63, 3.8) is 0 Å². The van der Waals surface area contributed by atoms with E-state index >= 15 is 0 Å². The molecule has 7 nitrogen and oxygen atoms in total. The standard InChI is InChI=1S/C16H22O7/c17-11(18)15(7-3-1-4-8-15)13(21)23-14(22)16(12(19)20)9-5-2-6-10-16/h1-10H2,(H,17,18)(H,19,20). The summed E-state index contributed by atoms with van der Waals surface area (Å²) in [6.07, 6.45) is 4.41. The molecule has 0 heterocycles. The second kappa shape index (κ2) is 6.68. The van der Waals surface area contributed by atoms with Gasteiger partial charge in [0, 0.05) is 0 Å². The van der Waals surface area contributed by atoms with Gasteiger partial charge in [-0.1, -0.05) is 38.5 Å². The van der Waals surface area contributed by atoms with Crippen LogP contribution in [0.2, 0.25) is 0 Å². The van der Waals surface area contributed by atoms with Crippen LogP contribution in [0.25, 0.3) is 0 Å². The minimum atomic E-state index is -1.72. The fraction of sp³-hybridized carbons (Fsp3) is 0.750. The average Bonchev–Trinajstić information content (AvgIpc) is 2.55. The molecule has 0 aliphatic heterocycles. The maximum absolute atomic E-state index is 12.4. The Morgan fingerprint density at radius 1 is 0.609 bits per heavy atom. The molecule has 0 spiro atoms. The first-order valence-corrected chi connectivity index (χ1v) is 8.09. The van der Waals surface area contributed by atoms with Gasteiger partial charge in [-0.3, -0.25) is 19.2 Å². The summed E-state index contributed by atoms with van der Waals surface area (Å²) in [4.78, 5) is 47.8. The molecule has 0 amide bonds. The van der Waals surface area contributed by atoms with E-state index in [0.717, 1.165) is 12.8 Å². The number of rotatable bonds is 4. The van der Waals surface area contributed by atoms with Crippen molar-refractivity contribution in [3.8, 4) is 0 Å². The quantitative estimate of drug-likeness (QED) is 0.600. The highest BCUT2D eigenvalue weighted by atomic mass is 16.6. The lowest BCUT2D eigenvalue weighted by Crippen LogP contribution is -2.48. The van der Waals surface area contributed by atoms with Gasteiger partial charge in [-0.15, -0.1) is 0 Å². The molecule has 0 atom stereocenters. The van der Waals surface area contributed by atoms with Gasteiger partial charge >= 0.3 is 23.9 Å². The van der Waals surface area contributed by atoms with E-state index in [1.165, 1.54) is 0 Å². The van der Waals surface area contributed by atoms with E-state index < -0.39 is 34.7 Å². The van der Waals surface area contributed by atoms with Gasteiger partial charge in [0.05, 0.1) is 0 Å². The summed E-state index contributed by atoms with van der Waals surface area (Å²) in [6.45, 7) is 0. The fourth-order valence-electron chi connectivity index (χ4n) is 3.60. The number of ether oxygens (including phenoxy) is 1. The first-order valence-electron chi connectivity index (χ1n) is 8.09. The molecule has 0 saturated heterocycles. The molecule has 128 valence electrons. The molecule has 2 N–H and O–H groups in total. The molecule has 2 aliphatic rings. The Bertz CT molecular complexity index is 465. The number of carboxylic acid groups (broad SMARTS) is 2. The lowest BCUT2D eigenvalue weighted by atomic mass is 9.73. The fourth-order valence-corrected chi connectivity index (χ4v) is 3.60. The van der Waals surface area contributed by atoms with Crippen molar-refractivity contribution in [2.24, 2.45) is 10.8 Å². The van der Waals surface area contributed by atoms with Gasteiger partial charge in [0.25, 0.3) is 0 Å². The summed E-state index contributed by atoms with van der Waals surface area (Å²) in [5.74, 6) is -4.83. The molecular formula is C16H22O7. The van der Waals surface area contributed by atoms with Crippen LogP contribution < -0.4 is 0 Å². The third-order valence-corrected chi connectivity index (χ3v) is 5.20. The van der Waals surface area contributed by atoms with E-state index in [-0.39, 0.29) is 25.7 Å². The average molecular weight is 326 g/mol. The predicted molar refractivity (Wildman–Crippen MR) is 77.4 cm³/mol. The first-order chi connectivity index (χ1) is 10.8. The normalized spacial score (nSPS) is 22.8. The Hall–Kier alpha value is -1.92. The minimum absolute atomic E-state index is 0.120. The van der Waals surface area contributed by atoms with E-state index in [0.29, 0.717) is 25.7 Å². The monoisotopic (exact) mass is 326 g/mol. The van der Waals surface area contributed by atoms with Gasteiger partial charge in [0.15, 0.2) is 10.8 Å². The number of esters is 2. The van der Waals surface area contributed by atoms with Gasteiger partial charge in [0.2, 0.25) is 0 Å². The van der Waals surface area contributed by atoms with Gasteiger partial charge in [-0.05, 0) is 25.7 Å². The van der Waals surface area contributed by atoms with Crippen LogP contribution in [-0.2, 0) is 23.9 Å². The Morgan fingerprint density at radius 2 is 0.913 bits per heavy atom. The number of hydrogen-bond donors (Lipinski definition) is 2. The van der Waals surface area contributed by atoms with Crippen LogP contribution in [0.1, 0.15) is 64.2 Å². The highest BCUT2D eigenvalue weighted by molar-refractivity contribution is 6.07. The van der Waals surface area contributed by atoms with Crippen LogP contribution in [0.5, 0.6) is 0 Å². The number of carbonyl (C=O) groups excluding carboxylic acids is 2. The second-order valence-electron chi connectivity index (χ2n) is 6.57. The molecule has 2 rings (SSSR count). The van der Waals surface area contributed by atoms with Gasteiger partial charge in [-0.2, -0.15) is 0 Å². The Balaban J connectivity index is 2.18. The van der Waals surface area contributed by atoms with E-state index in [1.807, 2.05) is 0 Å². The molecule has 0 aromatic heterocycles. The smallest absolute Gasteiger partial charge is 0.331 e. The van der Waals surface area contributed by atoms with Gasteiger partial charge in [-0.25, -0.2) is 0 Å². The number of hydrogen-bond acceptors (Lipinski definition) is 5. The molecule has 7 heteroatoms. The SMILES string of the molecule is O=C(O)C1(C(=O)OC(=O)C2(C(=O)O)CCCCC2)CCCCC1. The van der Waals surface area contributed by atoms with Crippen molar-refractivity contribution in [2.45, 2.75) is 64.2 Å². The van der Waals surface area contributed by atoms with Crippen molar-refractivity contribution < 1.29 is 34.1 Å². The van der Waals surface area contributed by atoms with E-state index in [1.54, 1.807) is 0 Å². The van der Waals surface area contributed by atoms with Crippen molar-refractivity contribution in [3.05, 3.63) is 0 Å². The molecule has 0 aromatic carbocycles. The zero-order chi connectivity index (χ0) is 17.1. The summed E-state index contributed by atoms with van der Waals surface area (Å²) < 4.78 is 4.82. The third kappa shape index (κ3) is 3.09. The van der Waals surface area contributed by atoms with Crippen molar-refractivity contribution in [2.75, 3.05) is 0 Å². The molecule has 2 fully saturated rings. The topological polar surface area (TPSA) is 118 Å². The Kier molecular flexibility index (Phi) is 5.06. The van der Waals surface area contributed by atoms with Crippen LogP contribution in [0.4, 0.5) is 0 Å². The summed E-state index contributed by atoms with van der Waals surface area (Å²) in [5.41, 5.74) is -3.44. The van der Waals surface area contributed by atoms with Gasteiger partial charge < -0.3 is 14.9 Å². The first kappa shape index (κ1) is 17.4. The molecular weight excluding hydrogens is 304 g/mol. The van der Waals surface area contributed by atoms with E-state index in [2.05, 4.69) is 0 Å². The highest BCUT2D eigenvalue weighted by Gasteiger charge is 2.53. The van der Waals surface area contributed by atoms with Crippen molar-refractivity contribution >= 4 is 23.9 Å². The number of aliphatic carboxylic acids is 2. The molecule has 0 aromatic rings. The maximum Gasteiger partial charge on any atom is 0.331 e. The van der Waals surface area contributed by atoms with Crippen molar-refractivity contribution in [1.82, 2.24) is 0 Å². The highest BCUT2D eigenvalue weighted by Crippen LogP contribution is 2.41. The Labute approximate surface area is 134 Å². The maximum atomic E-state index is 12.4. The number of carbonyl (C=O) groups is 4. The van der Waals surface area contributed by atoms with Gasteiger partial charge in [0.1, 0.15) is 0 Å². The number of carboxylic acids is 2. The zero-order valence-corrected chi connectivity index (χ0v) is 13.0. The Morgan fingerprint density at radius 3 is 1.17 bits per heavy atom. The largest absolute Gasteiger partial charge is 0.480 e. The molecule has 2 saturated carbocycles. The minimum Gasteiger partial charge on any atom is -0.480 e. The van der Waals surface area contributed by atoms with Crippen LogP contribution in [0, 0.1) is 10.8 Å². The van der Waals surface area contributed by atoms with Crippen LogP contribution in [0.15, 0.2) is 0 Å². The molecule has 0 unspecified atom stereocenters. The molecule has 23 heavy (non-hydrogen) atoms. The summed E-state index contributed by atoms with van der Waals surface area (Å²) >= 11 is 0. The molecule has 0 bridgehead atoms.